The molecule has 1 heterocycles. The lowest BCUT2D eigenvalue weighted by Gasteiger charge is -2.09. The molecule has 5 heteroatoms. The summed E-state index contributed by atoms with van der Waals surface area (Å²) in [5.74, 6) is -0.192. The highest BCUT2D eigenvalue weighted by atomic mass is 16.3. The molecule has 116 valence electrons. The van der Waals surface area contributed by atoms with Crippen molar-refractivity contribution < 1.29 is 9.90 Å². The van der Waals surface area contributed by atoms with Crippen molar-refractivity contribution in [3.05, 3.63) is 72.2 Å². The van der Waals surface area contributed by atoms with Crippen molar-refractivity contribution in [2.24, 2.45) is 5.73 Å². The van der Waals surface area contributed by atoms with E-state index in [1.165, 1.54) is 0 Å². The Morgan fingerprint density at radius 2 is 1.91 bits per heavy atom. The Balaban J connectivity index is 2.00. The lowest BCUT2D eigenvalue weighted by molar-refractivity contribution is -0.117. The van der Waals surface area contributed by atoms with Gasteiger partial charge in [0.05, 0.1) is 24.1 Å². The molecule has 0 aliphatic heterocycles. The third kappa shape index (κ3) is 3.40. The van der Waals surface area contributed by atoms with Crippen LogP contribution in [0.2, 0.25) is 0 Å². The van der Waals surface area contributed by atoms with Crippen molar-refractivity contribution in [3.8, 4) is 17.0 Å². The number of nitrogens with zero attached hydrogens (tertiary/aromatic N) is 2. The lowest BCUT2D eigenvalue weighted by atomic mass is 10.1. The molecule has 0 bridgehead atoms. The minimum absolute atomic E-state index is 0.114. The number of amides is 1. The van der Waals surface area contributed by atoms with Gasteiger partial charge in [0.25, 0.3) is 0 Å². The van der Waals surface area contributed by atoms with Gasteiger partial charge in [-0.1, -0.05) is 42.5 Å². The van der Waals surface area contributed by atoms with Gasteiger partial charge in [-0.05, 0) is 17.7 Å². The fraction of sp³-hybridized carbons (Fsp3) is 0.111. The van der Waals surface area contributed by atoms with Crippen LogP contribution in [0, 0.1) is 0 Å². The first-order valence-corrected chi connectivity index (χ1v) is 7.29. The van der Waals surface area contributed by atoms with E-state index in [0.717, 1.165) is 22.5 Å². The summed E-state index contributed by atoms with van der Waals surface area (Å²) in [5.41, 5.74) is 8.79. The van der Waals surface area contributed by atoms with E-state index in [0.29, 0.717) is 6.54 Å². The Morgan fingerprint density at radius 1 is 1.13 bits per heavy atom. The average Bonchev–Trinajstić information content (AvgIpc) is 2.90. The molecule has 0 unspecified atom stereocenters. The molecule has 1 aromatic heterocycles. The molecule has 2 aromatic carbocycles. The summed E-state index contributed by atoms with van der Waals surface area (Å²) in [4.78, 5) is 15.9. The molecule has 0 atom stereocenters. The molecular formula is C18H17N3O2. The number of primary amides is 1. The highest BCUT2D eigenvalue weighted by Crippen LogP contribution is 2.23. The quantitative estimate of drug-likeness (QED) is 0.759. The minimum atomic E-state index is -0.403. The largest absolute Gasteiger partial charge is 0.508 e. The third-order valence-corrected chi connectivity index (χ3v) is 3.60. The topological polar surface area (TPSA) is 81.1 Å². The van der Waals surface area contributed by atoms with Crippen molar-refractivity contribution in [2.75, 3.05) is 0 Å². The molecule has 0 aliphatic carbocycles. The zero-order valence-corrected chi connectivity index (χ0v) is 12.5. The zero-order chi connectivity index (χ0) is 16.2. The van der Waals surface area contributed by atoms with E-state index >= 15 is 0 Å². The van der Waals surface area contributed by atoms with Crippen LogP contribution in [0.4, 0.5) is 0 Å². The molecule has 0 radical (unpaired) electrons. The highest BCUT2D eigenvalue weighted by molar-refractivity contribution is 5.79. The van der Waals surface area contributed by atoms with Gasteiger partial charge < -0.3 is 15.4 Å². The van der Waals surface area contributed by atoms with Crippen molar-refractivity contribution in [3.63, 3.8) is 0 Å². The lowest BCUT2D eigenvalue weighted by Crippen LogP contribution is -2.17. The van der Waals surface area contributed by atoms with Crippen molar-refractivity contribution >= 4 is 5.91 Å². The van der Waals surface area contributed by atoms with E-state index in [2.05, 4.69) is 4.98 Å². The molecule has 5 nitrogen and oxygen atoms in total. The van der Waals surface area contributed by atoms with E-state index in [4.69, 9.17) is 5.73 Å². The summed E-state index contributed by atoms with van der Waals surface area (Å²) in [7, 11) is 0. The Hall–Kier alpha value is -3.08. The normalized spacial score (nSPS) is 10.6. The monoisotopic (exact) mass is 307 g/mol. The van der Waals surface area contributed by atoms with Crippen LogP contribution in [-0.4, -0.2) is 20.6 Å². The highest BCUT2D eigenvalue weighted by Gasteiger charge is 2.15. The van der Waals surface area contributed by atoms with E-state index in [9.17, 15) is 9.90 Å². The van der Waals surface area contributed by atoms with Gasteiger partial charge in [0, 0.05) is 12.1 Å². The summed E-state index contributed by atoms with van der Waals surface area (Å²) >= 11 is 0. The predicted octanol–water partition coefficient (Wildman–Crippen LogP) is 2.33. The van der Waals surface area contributed by atoms with Crippen LogP contribution < -0.4 is 5.73 Å². The first kappa shape index (κ1) is 14.8. The van der Waals surface area contributed by atoms with E-state index < -0.39 is 5.91 Å². The molecule has 3 N–H and O–H groups in total. The molecule has 0 fully saturated rings. The van der Waals surface area contributed by atoms with Crippen LogP contribution in [0.3, 0.4) is 0 Å². The molecular weight excluding hydrogens is 290 g/mol. The fourth-order valence-corrected chi connectivity index (χ4v) is 2.58. The molecule has 0 spiro atoms. The van der Waals surface area contributed by atoms with Crippen LogP contribution in [0.5, 0.6) is 5.75 Å². The summed E-state index contributed by atoms with van der Waals surface area (Å²) in [6.07, 6.45) is 1.81. The van der Waals surface area contributed by atoms with Crippen LogP contribution in [-0.2, 0) is 17.8 Å². The Labute approximate surface area is 134 Å². The SMILES string of the molecule is NC(=O)Cc1c(-c2ccccc2)ncn1Cc1cccc(O)c1. The van der Waals surface area contributed by atoms with Crippen molar-refractivity contribution in [1.29, 1.82) is 0 Å². The number of phenols is 1. The Bertz CT molecular complexity index is 825. The van der Waals surface area contributed by atoms with E-state index in [-0.39, 0.29) is 12.2 Å². The molecule has 3 rings (SSSR count). The van der Waals surface area contributed by atoms with Crippen LogP contribution in [0.25, 0.3) is 11.3 Å². The van der Waals surface area contributed by atoms with Gasteiger partial charge in [-0.25, -0.2) is 4.98 Å². The maximum absolute atomic E-state index is 11.5. The number of aromatic nitrogens is 2. The summed E-state index contributed by atoms with van der Waals surface area (Å²) < 4.78 is 1.89. The summed E-state index contributed by atoms with van der Waals surface area (Å²) in [5, 5.41) is 9.59. The number of carbonyl (C=O) groups excluding carboxylic acids is 1. The van der Waals surface area contributed by atoms with Crippen LogP contribution >= 0.6 is 0 Å². The number of nitrogens with two attached hydrogens (primary N) is 1. The average molecular weight is 307 g/mol. The van der Waals surface area contributed by atoms with Gasteiger partial charge in [-0.3, -0.25) is 4.79 Å². The van der Waals surface area contributed by atoms with Crippen molar-refractivity contribution in [1.82, 2.24) is 9.55 Å². The number of rotatable bonds is 5. The minimum Gasteiger partial charge on any atom is -0.508 e. The number of phenolic OH excluding ortho intramolecular Hbond substituents is 1. The van der Waals surface area contributed by atoms with Crippen LogP contribution in [0.15, 0.2) is 60.9 Å². The Kier molecular flexibility index (Phi) is 4.10. The standard InChI is InChI=1S/C18H17N3O2/c19-17(23)10-16-18(14-6-2-1-3-7-14)20-12-21(16)11-13-5-4-8-15(22)9-13/h1-9,12,22H,10-11H2,(H2,19,23). The number of aromatic hydroxyl groups is 1. The Morgan fingerprint density at radius 3 is 2.61 bits per heavy atom. The maximum Gasteiger partial charge on any atom is 0.223 e. The third-order valence-electron chi connectivity index (χ3n) is 3.60. The molecule has 0 aliphatic rings. The van der Waals surface area contributed by atoms with Gasteiger partial charge >= 0.3 is 0 Å². The number of carbonyl (C=O) groups is 1. The molecule has 3 aromatic rings. The van der Waals surface area contributed by atoms with Gasteiger partial charge in [0.2, 0.25) is 5.91 Å². The second-order valence-electron chi connectivity index (χ2n) is 5.35. The fourth-order valence-electron chi connectivity index (χ4n) is 2.58. The first-order chi connectivity index (χ1) is 11.1. The second kappa shape index (κ2) is 6.36. The number of benzene rings is 2. The van der Waals surface area contributed by atoms with Gasteiger partial charge in [0.1, 0.15) is 5.75 Å². The van der Waals surface area contributed by atoms with E-state index in [1.807, 2.05) is 41.0 Å². The maximum atomic E-state index is 11.5. The van der Waals surface area contributed by atoms with Gasteiger partial charge in [-0.2, -0.15) is 0 Å². The van der Waals surface area contributed by atoms with Gasteiger partial charge in [-0.15, -0.1) is 0 Å². The smallest absolute Gasteiger partial charge is 0.223 e. The first-order valence-electron chi connectivity index (χ1n) is 7.29. The molecule has 0 saturated carbocycles. The number of hydrogen-bond acceptors (Lipinski definition) is 3. The summed E-state index contributed by atoms with van der Waals surface area (Å²) in [6.45, 7) is 0.511. The van der Waals surface area contributed by atoms with Crippen LogP contribution in [0.1, 0.15) is 11.3 Å². The molecule has 0 saturated heterocycles. The second-order valence-corrected chi connectivity index (χ2v) is 5.35. The zero-order valence-electron chi connectivity index (χ0n) is 12.5. The van der Waals surface area contributed by atoms with Gasteiger partial charge in [0.15, 0.2) is 0 Å². The number of hydrogen-bond donors (Lipinski definition) is 2. The summed E-state index contributed by atoms with van der Waals surface area (Å²) in [6, 6.07) is 16.7. The molecule has 1 amide bonds. The molecule has 23 heavy (non-hydrogen) atoms. The van der Waals surface area contributed by atoms with E-state index in [1.54, 1.807) is 24.5 Å². The van der Waals surface area contributed by atoms with Crippen molar-refractivity contribution in [2.45, 2.75) is 13.0 Å². The number of imidazole rings is 1. The predicted molar refractivity (Wildman–Crippen MR) is 87.8 cm³/mol.